The van der Waals surface area contributed by atoms with E-state index >= 15 is 0 Å². The molecule has 0 heterocycles. The summed E-state index contributed by atoms with van der Waals surface area (Å²) >= 11 is 0. The number of hydrogen-bond acceptors (Lipinski definition) is 2. The van der Waals surface area contributed by atoms with E-state index in [9.17, 15) is 13.2 Å². The van der Waals surface area contributed by atoms with Gasteiger partial charge in [0.25, 0.3) is 0 Å². The zero-order chi connectivity index (χ0) is 14.6. The number of methoxy groups -OCH3 is 1. The highest BCUT2D eigenvalue weighted by Crippen LogP contribution is 2.34. The second-order valence-corrected chi connectivity index (χ2v) is 4.63. The van der Waals surface area contributed by atoms with E-state index in [1.807, 2.05) is 13.8 Å². The Hall–Kier alpha value is -1.07. The Labute approximate surface area is 112 Å². The highest BCUT2D eigenvalue weighted by Gasteiger charge is 2.36. The second-order valence-electron chi connectivity index (χ2n) is 4.63. The minimum Gasteiger partial charge on any atom is -0.377 e. The standard InChI is InChI=1S/C14H20F3NO/c1-5-14(3,19-4)13(18-6-2)9-7-8-10(15)12(17)11(9)16/h7-8,13,18H,5-6H2,1-4H3. The molecule has 5 heteroatoms. The van der Waals surface area contributed by atoms with Crippen LogP contribution in [0.4, 0.5) is 13.2 Å². The van der Waals surface area contributed by atoms with Crippen molar-refractivity contribution in [2.75, 3.05) is 13.7 Å². The van der Waals surface area contributed by atoms with Crippen molar-refractivity contribution in [1.82, 2.24) is 5.32 Å². The number of rotatable bonds is 6. The Kier molecular flexibility index (Phi) is 5.38. The summed E-state index contributed by atoms with van der Waals surface area (Å²) in [5.74, 6) is -3.80. The van der Waals surface area contributed by atoms with Crippen LogP contribution >= 0.6 is 0 Å². The van der Waals surface area contributed by atoms with Crippen LogP contribution in [0.25, 0.3) is 0 Å². The molecule has 2 nitrogen and oxygen atoms in total. The maximum atomic E-state index is 13.9. The highest BCUT2D eigenvalue weighted by atomic mass is 19.2. The maximum Gasteiger partial charge on any atom is 0.194 e. The predicted molar refractivity (Wildman–Crippen MR) is 68.4 cm³/mol. The monoisotopic (exact) mass is 275 g/mol. The fourth-order valence-electron chi connectivity index (χ4n) is 2.09. The summed E-state index contributed by atoms with van der Waals surface area (Å²) in [5.41, 5.74) is -0.631. The van der Waals surface area contributed by atoms with Gasteiger partial charge in [-0.25, -0.2) is 13.2 Å². The van der Waals surface area contributed by atoms with Crippen molar-refractivity contribution < 1.29 is 17.9 Å². The molecule has 0 aliphatic heterocycles. The molecule has 108 valence electrons. The molecule has 0 aromatic heterocycles. The number of halogens is 3. The summed E-state index contributed by atoms with van der Waals surface area (Å²) < 4.78 is 45.7. The molecule has 1 aromatic rings. The van der Waals surface area contributed by atoms with Crippen molar-refractivity contribution in [3.8, 4) is 0 Å². The number of ether oxygens (including phenoxy) is 1. The lowest BCUT2D eigenvalue weighted by molar-refractivity contribution is -0.0306. The van der Waals surface area contributed by atoms with Gasteiger partial charge in [-0.2, -0.15) is 0 Å². The molecular formula is C14H20F3NO. The first-order valence-corrected chi connectivity index (χ1v) is 6.33. The van der Waals surface area contributed by atoms with Crippen LogP contribution < -0.4 is 5.32 Å². The quantitative estimate of drug-likeness (QED) is 0.801. The molecular weight excluding hydrogens is 255 g/mol. The van der Waals surface area contributed by atoms with Gasteiger partial charge in [0, 0.05) is 12.7 Å². The summed E-state index contributed by atoms with van der Waals surface area (Å²) in [6.45, 7) is 6.12. The van der Waals surface area contributed by atoms with E-state index in [2.05, 4.69) is 5.32 Å². The van der Waals surface area contributed by atoms with Gasteiger partial charge in [0.1, 0.15) is 0 Å². The molecule has 0 saturated carbocycles. The molecule has 2 atom stereocenters. The third-order valence-electron chi connectivity index (χ3n) is 3.56. The van der Waals surface area contributed by atoms with Gasteiger partial charge >= 0.3 is 0 Å². The highest BCUT2D eigenvalue weighted by molar-refractivity contribution is 5.26. The molecule has 0 spiro atoms. The minimum atomic E-state index is -1.45. The zero-order valence-corrected chi connectivity index (χ0v) is 11.7. The number of likely N-dealkylation sites (N-methyl/N-ethyl adjacent to an activating group) is 1. The Morgan fingerprint density at radius 1 is 1.21 bits per heavy atom. The fourth-order valence-corrected chi connectivity index (χ4v) is 2.09. The van der Waals surface area contributed by atoms with E-state index in [0.717, 1.165) is 6.07 Å². The van der Waals surface area contributed by atoms with Gasteiger partial charge in [-0.3, -0.25) is 0 Å². The molecule has 0 radical (unpaired) electrons. The predicted octanol–water partition coefficient (Wildman–Crippen LogP) is 3.57. The summed E-state index contributed by atoms with van der Waals surface area (Å²) in [6, 6.07) is 1.64. The van der Waals surface area contributed by atoms with Crippen molar-refractivity contribution in [2.45, 2.75) is 38.8 Å². The Morgan fingerprint density at radius 2 is 1.84 bits per heavy atom. The molecule has 1 N–H and O–H groups in total. The maximum absolute atomic E-state index is 13.9. The first kappa shape index (κ1) is 16.0. The molecule has 1 aromatic carbocycles. The van der Waals surface area contributed by atoms with Gasteiger partial charge in [-0.05, 0) is 26.0 Å². The lowest BCUT2D eigenvalue weighted by Crippen LogP contribution is -2.43. The molecule has 19 heavy (non-hydrogen) atoms. The number of hydrogen-bond donors (Lipinski definition) is 1. The summed E-state index contributed by atoms with van der Waals surface area (Å²) in [5, 5.41) is 3.07. The molecule has 2 unspecified atom stereocenters. The van der Waals surface area contributed by atoms with Crippen molar-refractivity contribution in [2.24, 2.45) is 0 Å². The van der Waals surface area contributed by atoms with Crippen molar-refractivity contribution in [1.29, 1.82) is 0 Å². The van der Waals surface area contributed by atoms with Crippen LogP contribution in [0.1, 0.15) is 38.8 Å². The Morgan fingerprint density at radius 3 is 2.32 bits per heavy atom. The van der Waals surface area contributed by atoms with Crippen molar-refractivity contribution in [3.63, 3.8) is 0 Å². The fraction of sp³-hybridized carbons (Fsp3) is 0.571. The lowest BCUT2D eigenvalue weighted by atomic mass is 9.87. The van der Waals surface area contributed by atoms with Crippen LogP contribution in [-0.2, 0) is 4.74 Å². The van der Waals surface area contributed by atoms with E-state index in [4.69, 9.17) is 4.74 Å². The smallest absolute Gasteiger partial charge is 0.194 e. The van der Waals surface area contributed by atoms with Gasteiger partial charge in [0.15, 0.2) is 17.5 Å². The van der Waals surface area contributed by atoms with Gasteiger partial charge in [-0.1, -0.05) is 19.9 Å². The van der Waals surface area contributed by atoms with Crippen molar-refractivity contribution in [3.05, 3.63) is 35.1 Å². The molecule has 0 aliphatic carbocycles. The van der Waals surface area contributed by atoms with Gasteiger partial charge in [0.2, 0.25) is 0 Å². The van der Waals surface area contributed by atoms with E-state index in [-0.39, 0.29) is 5.56 Å². The van der Waals surface area contributed by atoms with Crippen LogP contribution in [0.5, 0.6) is 0 Å². The average Bonchev–Trinajstić information content (AvgIpc) is 2.42. The normalized spacial score (nSPS) is 16.2. The van der Waals surface area contributed by atoms with E-state index in [0.29, 0.717) is 13.0 Å². The van der Waals surface area contributed by atoms with Crippen LogP contribution in [0.3, 0.4) is 0 Å². The van der Waals surface area contributed by atoms with Crippen molar-refractivity contribution >= 4 is 0 Å². The van der Waals surface area contributed by atoms with E-state index in [1.54, 1.807) is 6.92 Å². The largest absolute Gasteiger partial charge is 0.377 e. The summed E-state index contributed by atoms with van der Waals surface area (Å²) in [6.07, 6.45) is 0.597. The first-order valence-electron chi connectivity index (χ1n) is 6.33. The van der Waals surface area contributed by atoms with Gasteiger partial charge in [0.05, 0.1) is 11.6 Å². The molecule has 1 rings (SSSR count). The van der Waals surface area contributed by atoms with Gasteiger partial charge in [-0.15, -0.1) is 0 Å². The summed E-state index contributed by atoms with van der Waals surface area (Å²) in [4.78, 5) is 0. The van der Waals surface area contributed by atoms with E-state index in [1.165, 1.54) is 13.2 Å². The number of nitrogens with one attached hydrogen (secondary N) is 1. The molecule has 0 aliphatic rings. The van der Waals surface area contributed by atoms with Gasteiger partial charge < -0.3 is 10.1 Å². The van der Waals surface area contributed by atoms with Crippen LogP contribution in [0, 0.1) is 17.5 Å². The lowest BCUT2D eigenvalue weighted by Gasteiger charge is -2.36. The summed E-state index contributed by atoms with van der Waals surface area (Å²) in [7, 11) is 1.52. The minimum absolute atomic E-state index is 0.0759. The first-order chi connectivity index (χ1) is 8.91. The third-order valence-corrected chi connectivity index (χ3v) is 3.56. The van der Waals surface area contributed by atoms with Crippen LogP contribution in [0.15, 0.2) is 12.1 Å². The van der Waals surface area contributed by atoms with Crippen LogP contribution in [-0.4, -0.2) is 19.3 Å². The molecule has 0 bridgehead atoms. The number of benzene rings is 1. The third kappa shape index (κ3) is 3.09. The zero-order valence-electron chi connectivity index (χ0n) is 11.7. The Balaban J connectivity index is 3.31. The van der Waals surface area contributed by atoms with E-state index < -0.39 is 29.1 Å². The average molecular weight is 275 g/mol. The SMILES string of the molecule is CCNC(c1ccc(F)c(F)c1F)C(C)(CC)OC. The van der Waals surface area contributed by atoms with Crippen LogP contribution in [0.2, 0.25) is 0 Å². The molecule has 0 saturated heterocycles. The Bertz CT molecular complexity index is 433. The topological polar surface area (TPSA) is 21.3 Å². The second kappa shape index (κ2) is 6.39. The molecule has 0 fully saturated rings. The molecule has 0 amide bonds.